The van der Waals surface area contributed by atoms with E-state index in [9.17, 15) is 4.79 Å². The molecule has 0 N–H and O–H groups in total. The number of nitrogens with zero attached hydrogens (tertiary/aromatic N) is 2. The zero-order valence-electron chi connectivity index (χ0n) is 17.5. The summed E-state index contributed by atoms with van der Waals surface area (Å²) in [5, 5.41) is 4.21. The van der Waals surface area contributed by atoms with E-state index in [4.69, 9.17) is 16.1 Å². The Labute approximate surface area is 191 Å². The first-order valence-electron chi connectivity index (χ1n) is 10.1. The fourth-order valence-electron chi connectivity index (χ4n) is 3.42. The van der Waals surface area contributed by atoms with Gasteiger partial charge in [-0.3, -0.25) is 4.79 Å². The van der Waals surface area contributed by atoms with Gasteiger partial charge in [0.25, 0.3) is 0 Å². The first-order chi connectivity index (χ1) is 15.0. The Bertz CT molecular complexity index is 1180. The number of carbonyl (C=O) groups excluding carboxylic acids is 1. The Morgan fingerprint density at radius 2 is 1.77 bits per heavy atom. The summed E-state index contributed by atoms with van der Waals surface area (Å²) in [6.07, 6.45) is 0.874. The maximum absolute atomic E-state index is 12.3. The van der Waals surface area contributed by atoms with Gasteiger partial charge in [0.05, 0.1) is 9.21 Å². The van der Waals surface area contributed by atoms with Crippen molar-refractivity contribution in [2.45, 2.75) is 19.4 Å². The van der Waals surface area contributed by atoms with E-state index in [1.54, 1.807) is 12.1 Å². The van der Waals surface area contributed by atoms with E-state index in [0.29, 0.717) is 27.8 Å². The van der Waals surface area contributed by atoms with Crippen molar-refractivity contribution in [1.82, 2.24) is 10.1 Å². The average molecular weight is 451 g/mol. The number of hydrogen-bond donors (Lipinski definition) is 0. The number of benzene rings is 2. The van der Waals surface area contributed by atoms with Crippen LogP contribution in [-0.4, -0.2) is 29.9 Å². The minimum Gasteiger partial charge on any atom is -0.361 e. The maximum atomic E-state index is 12.3. The minimum atomic E-state index is 0.0644. The Hall–Kier alpha value is -2.73. The molecule has 158 valence electrons. The largest absolute Gasteiger partial charge is 0.361 e. The highest BCUT2D eigenvalue weighted by molar-refractivity contribution is 7.18. The van der Waals surface area contributed by atoms with Crippen LogP contribution < -0.4 is 0 Å². The number of Topliss-reactive ketones (excluding diaryl/α,β-unsaturated/α-hetero) is 1. The van der Waals surface area contributed by atoms with E-state index in [2.05, 4.69) is 60.6 Å². The lowest BCUT2D eigenvalue weighted by atomic mass is 10.0. The molecule has 2 heterocycles. The van der Waals surface area contributed by atoms with Crippen LogP contribution in [0.15, 0.2) is 71.3 Å². The molecule has 0 radical (unpaired) electrons. The molecule has 0 atom stereocenters. The van der Waals surface area contributed by atoms with Gasteiger partial charge in [-0.15, -0.1) is 11.3 Å². The number of aryl methyl sites for hydroxylation is 1. The maximum Gasteiger partial charge on any atom is 0.173 e. The summed E-state index contributed by atoms with van der Waals surface area (Å²) in [6, 6.07) is 22.3. The molecule has 0 unspecified atom stereocenters. The van der Waals surface area contributed by atoms with Gasteiger partial charge in [-0.25, -0.2) is 0 Å². The minimum absolute atomic E-state index is 0.0644. The van der Waals surface area contributed by atoms with Crippen LogP contribution in [0.3, 0.4) is 0 Å². The molecular formula is C25H23ClN2O2S. The zero-order chi connectivity index (χ0) is 21.8. The van der Waals surface area contributed by atoms with Crippen LogP contribution in [-0.2, 0) is 13.0 Å². The van der Waals surface area contributed by atoms with Crippen molar-refractivity contribution in [3.63, 3.8) is 0 Å². The molecule has 0 saturated carbocycles. The lowest BCUT2D eigenvalue weighted by molar-refractivity contribution is 0.0984. The van der Waals surface area contributed by atoms with Crippen molar-refractivity contribution >= 4 is 28.7 Å². The Balaban J connectivity index is 1.44. The van der Waals surface area contributed by atoms with Gasteiger partial charge in [0.15, 0.2) is 5.78 Å². The van der Waals surface area contributed by atoms with E-state index in [-0.39, 0.29) is 5.78 Å². The second kappa shape index (κ2) is 9.60. The summed E-state index contributed by atoms with van der Waals surface area (Å²) in [4.78, 5) is 15.1. The molecule has 2 aromatic carbocycles. The van der Waals surface area contributed by atoms with E-state index in [1.165, 1.54) is 16.9 Å². The average Bonchev–Trinajstić information content (AvgIpc) is 3.41. The number of aromatic nitrogens is 1. The molecule has 0 aliphatic rings. The fourth-order valence-corrected chi connectivity index (χ4v) is 4.43. The summed E-state index contributed by atoms with van der Waals surface area (Å²) in [7, 11) is 4.13. The van der Waals surface area contributed by atoms with Gasteiger partial charge in [0.1, 0.15) is 11.5 Å². The van der Waals surface area contributed by atoms with Gasteiger partial charge in [-0.05, 0) is 49.0 Å². The molecule has 4 aromatic rings. The third-order valence-electron chi connectivity index (χ3n) is 4.95. The molecule has 0 fully saturated rings. The molecule has 2 aromatic heterocycles. The van der Waals surface area contributed by atoms with E-state index in [1.807, 2.05) is 18.2 Å². The van der Waals surface area contributed by atoms with Gasteiger partial charge in [0.2, 0.25) is 0 Å². The van der Waals surface area contributed by atoms with Crippen molar-refractivity contribution in [2.24, 2.45) is 0 Å². The number of thiophene rings is 1. The van der Waals surface area contributed by atoms with Crippen LogP contribution in [0.25, 0.3) is 22.4 Å². The fraction of sp³-hybridized carbons (Fsp3) is 0.200. The highest BCUT2D eigenvalue weighted by atomic mass is 35.5. The molecule has 6 heteroatoms. The quantitative estimate of drug-likeness (QED) is 0.284. The van der Waals surface area contributed by atoms with E-state index >= 15 is 0 Å². The molecular weight excluding hydrogens is 428 g/mol. The number of carbonyl (C=O) groups is 1. The van der Waals surface area contributed by atoms with Crippen LogP contribution in [0.1, 0.15) is 27.4 Å². The molecule has 4 rings (SSSR count). The molecule has 4 nitrogen and oxygen atoms in total. The standard InChI is InChI=1S/C25H23ClN2O2S/c1-28(2)16-17-6-8-18(9-7-17)19-4-3-5-20(14-19)22-15-21(30-27-22)10-11-23(29)24-12-13-25(26)31-24/h3-9,12-15H,10-11,16H2,1-2H3. The van der Waals surface area contributed by atoms with Crippen LogP contribution >= 0.6 is 22.9 Å². The van der Waals surface area contributed by atoms with Crippen molar-refractivity contribution in [2.75, 3.05) is 14.1 Å². The predicted molar refractivity (Wildman–Crippen MR) is 127 cm³/mol. The van der Waals surface area contributed by atoms with Gasteiger partial charge in [-0.1, -0.05) is 59.2 Å². The van der Waals surface area contributed by atoms with Crippen LogP contribution in [0, 0.1) is 0 Å². The molecule has 0 aliphatic carbocycles. The smallest absolute Gasteiger partial charge is 0.173 e. The lowest BCUT2D eigenvalue weighted by Gasteiger charge is -2.10. The normalized spacial score (nSPS) is 11.2. The Kier molecular flexibility index (Phi) is 6.66. The van der Waals surface area contributed by atoms with Gasteiger partial charge >= 0.3 is 0 Å². The van der Waals surface area contributed by atoms with E-state index in [0.717, 1.165) is 28.9 Å². The Morgan fingerprint density at radius 1 is 1.00 bits per heavy atom. The molecule has 0 bridgehead atoms. The monoisotopic (exact) mass is 450 g/mol. The van der Waals surface area contributed by atoms with Gasteiger partial charge in [-0.2, -0.15) is 0 Å². The van der Waals surface area contributed by atoms with Crippen molar-refractivity contribution < 1.29 is 9.32 Å². The second-order valence-corrected chi connectivity index (χ2v) is 9.44. The molecule has 0 saturated heterocycles. The highest BCUT2D eigenvalue weighted by Gasteiger charge is 2.13. The van der Waals surface area contributed by atoms with Crippen molar-refractivity contribution in [1.29, 1.82) is 0 Å². The van der Waals surface area contributed by atoms with Crippen LogP contribution in [0.2, 0.25) is 4.34 Å². The van der Waals surface area contributed by atoms with Crippen LogP contribution in [0.5, 0.6) is 0 Å². The van der Waals surface area contributed by atoms with Gasteiger partial charge < -0.3 is 9.42 Å². The summed E-state index contributed by atoms with van der Waals surface area (Å²) >= 11 is 7.22. The molecule has 0 spiro atoms. The van der Waals surface area contributed by atoms with Gasteiger partial charge in [0, 0.05) is 31.0 Å². The first-order valence-corrected chi connectivity index (χ1v) is 11.3. The molecule has 0 amide bonds. The lowest BCUT2D eigenvalue weighted by Crippen LogP contribution is -2.10. The Morgan fingerprint density at radius 3 is 2.48 bits per heavy atom. The van der Waals surface area contributed by atoms with Crippen LogP contribution in [0.4, 0.5) is 0 Å². The third-order valence-corrected chi connectivity index (χ3v) is 6.22. The number of ketones is 1. The van der Waals surface area contributed by atoms with Crippen molar-refractivity contribution in [3.8, 4) is 22.4 Å². The number of halogens is 1. The summed E-state index contributed by atoms with van der Waals surface area (Å²) in [5.41, 5.74) is 5.33. The first kappa shape index (κ1) is 21.5. The predicted octanol–water partition coefficient (Wildman–Crippen LogP) is 6.60. The SMILES string of the molecule is CN(C)Cc1ccc(-c2cccc(-c3cc(CCC(=O)c4ccc(Cl)s4)on3)c2)cc1. The van der Waals surface area contributed by atoms with E-state index < -0.39 is 0 Å². The summed E-state index contributed by atoms with van der Waals surface area (Å²) < 4.78 is 6.10. The zero-order valence-corrected chi connectivity index (χ0v) is 19.0. The molecule has 0 aliphatic heterocycles. The second-order valence-electron chi connectivity index (χ2n) is 7.72. The number of rotatable bonds is 8. The van der Waals surface area contributed by atoms with Crippen molar-refractivity contribution in [3.05, 3.63) is 87.3 Å². The summed E-state index contributed by atoms with van der Waals surface area (Å²) in [5.74, 6) is 0.763. The highest BCUT2D eigenvalue weighted by Crippen LogP contribution is 2.27. The number of hydrogen-bond acceptors (Lipinski definition) is 5. The third kappa shape index (κ3) is 5.50. The topological polar surface area (TPSA) is 46.3 Å². The molecule has 31 heavy (non-hydrogen) atoms. The summed E-state index contributed by atoms with van der Waals surface area (Å²) in [6.45, 7) is 0.921.